The van der Waals surface area contributed by atoms with Gasteiger partial charge in [0.05, 0.1) is 6.20 Å². The molecule has 1 aliphatic heterocycles. The predicted molar refractivity (Wildman–Crippen MR) is 55.0 cm³/mol. The van der Waals surface area contributed by atoms with Crippen molar-refractivity contribution in [2.75, 3.05) is 6.61 Å². The summed E-state index contributed by atoms with van der Waals surface area (Å²) in [5, 5.41) is 11.7. The second-order valence-electron chi connectivity index (χ2n) is 3.92. The third-order valence-electron chi connectivity index (χ3n) is 3.05. The Balaban J connectivity index is 2.36. The lowest BCUT2D eigenvalue weighted by atomic mass is 9.90. The van der Waals surface area contributed by atoms with Gasteiger partial charge in [-0.05, 0) is 25.7 Å². The van der Waals surface area contributed by atoms with Crippen LogP contribution in [-0.4, -0.2) is 11.6 Å². The summed E-state index contributed by atoms with van der Waals surface area (Å²) in [4.78, 5) is 4.17. The summed E-state index contributed by atoms with van der Waals surface area (Å²) in [7, 11) is 0. The lowest BCUT2D eigenvalue weighted by Crippen LogP contribution is -2.46. The molecule has 0 aromatic carbocycles. The molecule has 0 saturated carbocycles. The minimum absolute atomic E-state index is 0.457. The molecule has 1 aromatic rings. The highest BCUT2D eigenvalue weighted by Crippen LogP contribution is 2.35. The number of aromatic nitrogens is 2. The maximum atomic E-state index is 11.7. The highest BCUT2D eigenvalue weighted by atomic mass is 16.5. The Bertz CT molecular complexity index is 335. The summed E-state index contributed by atoms with van der Waals surface area (Å²) >= 11 is 0. The minimum atomic E-state index is -0.457. The molecule has 1 fully saturated rings. The van der Waals surface area contributed by atoms with E-state index in [1.165, 1.54) is 6.20 Å². The van der Waals surface area contributed by atoms with Crippen molar-refractivity contribution in [3.63, 3.8) is 0 Å². The fourth-order valence-corrected chi connectivity index (χ4v) is 2.14. The van der Waals surface area contributed by atoms with Gasteiger partial charge in [-0.1, -0.05) is 11.9 Å². The molecule has 82 valence electrons. The van der Waals surface area contributed by atoms with Gasteiger partial charge in [-0.15, -0.1) is 0 Å². The predicted octanol–water partition coefficient (Wildman–Crippen LogP) is 1.52. The fourth-order valence-electron chi connectivity index (χ4n) is 2.14. The Morgan fingerprint density at radius 1 is 1.60 bits per heavy atom. The first-order valence-corrected chi connectivity index (χ1v) is 5.47. The third-order valence-corrected chi connectivity index (χ3v) is 3.05. The summed E-state index contributed by atoms with van der Waals surface area (Å²) in [6.07, 6.45) is 7.00. The second-order valence-corrected chi connectivity index (χ2v) is 3.92. The monoisotopic (exact) mass is 208 g/mol. The van der Waals surface area contributed by atoms with Crippen LogP contribution in [0.2, 0.25) is 0 Å². The SMILES string of the molecule is CCC1(c2nccc[n+]2[O-])CCCCO1. The van der Waals surface area contributed by atoms with Crippen LogP contribution in [-0.2, 0) is 10.3 Å². The maximum Gasteiger partial charge on any atom is 0.333 e. The Labute approximate surface area is 89.5 Å². The van der Waals surface area contributed by atoms with E-state index in [2.05, 4.69) is 4.98 Å². The number of rotatable bonds is 2. The molecule has 1 aliphatic rings. The molecule has 15 heavy (non-hydrogen) atoms. The normalized spacial score (nSPS) is 26.5. The van der Waals surface area contributed by atoms with Crippen molar-refractivity contribution in [3.05, 3.63) is 29.5 Å². The molecule has 1 atom stereocenters. The van der Waals surface area contributed by atoms with E-state index in [-0.39, 0.29) is 0 Å². The molecule has 0 aliphatic carbocycles. The van der Waals surface area contributed by atoms with Crippen molar-refractivity contribution in [1.29, 1.82) is 0 Å². The molecule has 0 radical (unpaired) electrons. The van der Waals surface area contributed by atoms with Crippen molar-refractivity contribution >= 4 is 0 Å². The van der Waals surface area contributed by atoms with Crippen LogP contribution in [0.4, 0.5) is 0 Å². The van der Waals surface area contributed by atoms with Gasteiger partial charge < -0.3 is 9.94 Å². The molecule has 2 heterocycles. The molecular weight excluding hydrogens is 192 g/mol. The first kappa shape index (κ1) is 10.4. The molecule has 4 nitrogen and oxygen atoms in total. The molecule has 1 saturated heterocycles. The molecule has 0 spiro atoms. The number of hydrogen-bond donors (Lipinski definition) is 0. The van der Waals surface area contributed by atoms with Gasteiger partial charge in [0, 0.05) is 12.7 Å². The van der Waals surface area contributed by atoms with E-state index in [1.54, 1.807) is 12.3 Å². The van der Waals surface area contributed by atoms with E-state index in [9.17, 15) is 5.21 Å². The van der Waals surface area contributed by atoms with Crippen molar-refractivity contribution in [2.45, 2.75) is 38.2 Å². The number of hydrogen-bond acceptors (Lipinski definition) is 3. The van der Waals surface area contributed by atoms with Crippen molar-refractivity contribution in [3.8, 4) is 0 Å². The van der Waals surface area contributed by atoms with Gasteiger partial charge in [-0.2, -0.15) is 0 Å². The zero-order chi connectivity index (χ0) is 10.7. The van der Waals surface area contributed by atoms with E-state index < -0.39 is 5.60 Å². The Morgan fingerprint density at radius 3 is 3.07 bits per heavy atom. The topological polar surface area (TPSA) is 49.1 Å². The van der Waals surface area contributed by atoms with E-state index >= 15 is 0 Å². The molecule has 0 amide bonds. The van der Waals surface area contributed by atoms with E-state index in [1.807, 2.05) is 6.92 Å². The van der Waals surface area contributed by atoms with Gasteiger partial charge in [0.1, 0.15) is 6.20 Å². The molecule has 1 unspecified atom stereocenters. The van der Waals surface area contributed by atoms with E-state index in [4.69, 9.17) is 4.74 Å². The van der Waals surface area contributed by atoms with Crippen LogP contribution in [0.1, 0.15) is 38.4 Å². The summed E-state index contributed by atoms with van der Waals surface area (Å²) in [5.41, 5.74) is -0.457. The Hall–Kier alpha value is -1.16. The van der Waals surface area contributed by atoms with Gasteiger partial charge in [0.25, 0.3) is 0 Å². The van der Waals surface area contributed by atoms with E-state index in [0.717, 1.165) is 37.0 Å². The molecule has 4 heteroatoms. The summed E-state index contributed by atoms with van der Waals surface area (Å²) in [6, 6.07) is 1.64. The number of nitrogens with zero attached hydrogens (tertiary/aromatic N) is 2. The van der Waals surface area contributed by atoms with Crippen molar-refractivity contribution in [2.24, 2.45) is 0 Å². The Morgan fingerprint density at radius 2 is 2.47 bits per heavy atom. The second kappa shape index (κ2) is 4.14. The van der Waals surface area contributed by atoms with Crippen LogP contribution in [0, 0.1) is 5.21 Å². The summed E-state index contributed by atoms with van der Waals surface area (Å²) < 4.78 is 6.63. The molecular formula is C11H16N2O2. The van der Waals surface area contributed by atoms with Crippen molar-refractivity contribution in [1.82, 2.24) is 4.98 Å². The highest BCUT2D eigenvalue weighted by Gasteiger charge is 2.41. The van der Waals surface area contributed by atoms with Crippen molar-refractivity contribution < 1.29 is 9.47 Å². The molecule has 0 N–H and O–H groups in total. The minimum Gasteiger partial charge on any atom is -0.711 e. The molecule has 2 rings (SSSR count). The average molecular weight is 208 g/mol. The standard InChI is InChI=1S/C11H16N2O2/c1-2-11(6-3-4-9-15-11)10-12-7-5-8-13(10)14/h5,7-8H,2-4,6,9H2,1H3. The average Bonchev–Trinajstić information content (AvgIpc) is 2.30. The van der Waals surface area contributed by atoms with Crippen LogP contribution in [0.3, 0.4) is 0 Å². The van der Waals surface area contributed by atoms with Crippen LogP contribution in [0.15, 0.2) is 18.5 Å². The smallest absolute Gasteiger partial charge is 0.333 e. The quantitative estimate of drug-likeness (QED) is 0.547. The van der Waals surface area contributed by atoms with Gasteiger partial charge in [-0.25, -0.2) is 4.73 Å². The van der Waals surface area contributed by atoms with Crippen LogP contribution in [0.5, 0.6) is 0 Å². The van der Waals surface area contributed by atoms with Crippen LogP contribution < -0.4 is 4.73 Å². The Kier molecular flexibility index (Phi) is 2.86. The third kappa shape index (κ3) is 1.81. The number of ether oxygens (including phenoxy) is 1. The van der Waals surface area contributed by atoms with Gasteiger partial charge in [-0.3, -0.25) is 0 Å². The van der Waals surface area contributed by atoms with Crippen LogP contribution in [0.25, 0.3) is 0 Å². The molecule has 0 bridgehead atoms. The zero-order valence-corrected chi connectivity index (χ0v) is 8.98. The van der Waals surface area contributed by atoms with Gasteiger partial charge in [0.2, 0.25) is 0 Å². The first-order valence-electron chi connectivity index (χ1n) is 5.47. The first-order chi connectivity index (χ1) is 7.28. The fraction of sp³-hybridized carbons (Fsp3) is 0.636. The van der Waals surface area contributed by atoms with E-state index in [0.29, 0.717) is 5.82 Å². The highest BCUT2D eigenvalue weighted by molar-refractivity contribution is 4.98. The maximum absolute atomic E-state index is 11.7. The summed E-state index contributed by atoms with van der Waals surface area (Å²) in [5.74, 6) is 0.507. The summed E-state index contributed by atoms with van der Waals surface area (Å²) in [6.45, 7) is 2.77. The van der Waals surface area contributed by atoms with Gasteiger partial charge in [0.15, 0.2) is 5.60 Å². The molecule has 1 aromatic heterocycles. The lowest BCUT2D eigenvalue weighted by molar-refractivity contribution is -0.628. The zero-order valence-electron chi connectivity index (χ0n) is 8.98. The van der Waals surface area contributed by atoms with Gasteiger partial charge >= 0.3 is 5.82 Å². The van der Waals surface area contributed by atoms with Crippen LogP contribution >= 0.6 is 0 Å². The lowest BCUT2D eigenvalue weighted by Gasteiger charge is -2.33. The largest absolute Gasteiger partial charge is 0.711 e.